The topological polar surface area (TPSA) is 86.0 Å². The van der Waals surface area contributed by atoms with Crippen molar-refractivity contribution in [3.8, 4) is 6.01 Å². The number of nitrogens with zero attached hydrogens (tertiary/aromatic N) is 3. The summed E-state index contributed by atoms with van der Waals surface area (Å²) in [5, 5.41) is 3.12. The number of aromatic nitrogens is 3. The van der Waals surface area contributed by atoms with E-state index in [1.807, 2.05) is 13.2 Å². The smallest absolute Gasteiger partial charge is 0.322 e. The first-order chi connectivity index (χ1) is 7.15. The number of nitrogens with two attached hydrogens (primary N) is 1. The highest BCUT2D eigenvalue weighted by molar-refractivity contribution is 7.98. The van der Waals surface area contributed by atoms with Crippen LogP contribution in [-0.4, -0.2) is 40.1 Å². The molecule has 0 saturated heterocycles. The summed E-state index contributed by atoms with van der Waals surface area (Å²) in [5.74, 6) is 1.56. The molecule has 1 unspecified atom stereocenters. The molecular weight excluding hydrogens is 214 g/mol. The third-order valence-electron chi connectivity index (χ3n) is 1.61. The minimum absolute atomic E-state index is 0.153. The molecule has 0 aliphatic heterocycles. The molecule has 0 radical (unpaired) electrons. The number of nitrogens with one attached hydrogen (secondary N) is 1. The Balaban J connectivity index is 2.71. The fourth-order valence-electron chi connectivity index (χ4n) is 1.04. The van der Waals surface area contributed by atoms with Crippen LogP contribution in [0.25, 0.3) is 0 Å². The van der Waals surface area contributed by atoms with Crippen LogP contribution in [0.2, 0.25) is 0 Å². The van der Waals surface area contributed by atoms with Crippen LogP contribution in [0.15, 0.2) is 0 Å². The first-order valence-corrected chi connectivity index (χ1v) is 5.86. The van der Waals surface area contributed by atoms with Gasteiger partial charge in [-0.3, -0.25) is 0 Å². The van der Waals surface area contributed by atoms with Gasteiger partial charge in [-0.15, -0.1) is 0 Å². The predicted molar refractivity (Wildman–Crippen MR) is 62.3 cm³/mol. The van der Waals surface area contributed by atoms with Gasteiger partial charge in [0.2, 0.25) is 11.9 Å². The highest BCUT2D eigenvalue weighted by atomic mass is 32.2. The molecule has 7 heteroatoms. The Kier molecular flexibility index (Phi) is 4.41. The van der Waals surface area contributed by atoms with Gasteiger partial charge < -0.3 is 15.8 Å². The average molecular weight is 229 g/mol. The predicted octanol–water partition coefficient (Wildman–Crippen LogP) is 0.626. The van der Waals surface area contributed by atoms with E-state index in [9.17, 15) is 0 Å². The minimum Gasteiger partial charge on any atom is -0.467 e. The molecule has 0 aliphatic rings. The zero-order chi connectivity index (χ0) is 11.3. The summed E-state index contributed by atoms with van der Waals surface area (Å²) in [6.07, 6.45) is 2.04. The molecule has 1 aromatic heterocycles. The number of ether oxygens (including phenoxy) is 1. The molecule has 1 aromatic rings. The summed E-state index contributed by atoms with van der Waals surface area (Å²) in [7, 11) is 1.49. The van der Waals surface area contributed by atoms with E-state index in [4.69, 9.17) is 10.5 Å². The van der Waals surface area contributed by atoms with Crippen molar-refractivity contribution in [2.75, 3.05) is 30.2 Å². The standard InChI is InChI=1S/C8H15N5OS/c1-5(4-15-3)10-7-11-6(9)12-8(13-7)14-2/h5H,4H2,1-3H3,(H3,9,10,11,12,13). The van der Waals surface area contributed by atoms with Gasteiger partial charge in [-0.2, -0.15) is 26.7 Å². The summed E-state index contributed by atoms with van der Waals surface area (Å²) < 4.78 is 4.89. The van der Waals surface area contributed by atoms with Gasteiger partial charge >= 0.3 is 6.01 Å². The van der Waals surface area contributed by atoms with E-state index in [1.54, 1.807) is 11.8 Å². The van der Waals surface area contributed by atoms with E-state index in [0.29, 0.717) is 5.95 Å². The zero-order valence-electron chi connectivity index (χ0n) is 9.02. The molecule has 0 amide bonds. The van der Waals surface area contributed by atoms with Crippen molar-refractivity contribution in [2.24, 2.45) is 0 Å². The van der Waals surface area contributed by atoms with Crippen molar-refractivity contribution in [1.29, 1.82) is 0 Å². The van der Waals surface area contributed by atoms with Gasteiger partial charge in [0.1, 0.15) is 0 Å². The van der Waals surface area contributed by atoms with Crippen molar-refractivity contribution in [2.45, 2.75) is 13.0 Å². The lowest BCUT2D eigenvalue weighted by Gasteiger charge is -2.12. The van der Waals surface area contributed by atoms with Crippen LogP contribution in [0.1, 0.15) is 6.92 Å². The zero-order valence-corrected chi connectivity index (χ0v) is 9.84. The molecular formula is C8H15N5OS. The molecule has 0 saturated carbocycles. The van der Waals surface area contributed by atoms with E-state index < -0.39 is 0 Å². The molecule has 0 aliphatic carbocycles. The first-order valence-electron chi connectivity index (χ1n) is 4.46. The maximum Gasteiger partial charge on any atom is 0.322 e. The van der Waals surface area contributed by atoms with Crippen molar-refractivity contribution < 1.29 is 4.74 Å². The largest absolute Gasteiger partial charge is 0.467 e. The molecule has 15 heavy (non-hydrogen) atoms. The van der Waals surface area contributed by atoms with Crippen LogP contribution in [0.5, 0.6) is 6.01 Å². The number of hydrogen-bond donors (Lipinski definition) is 2. The van der Waals surface area contributed by atoms with E-state index in [2.05, 4.69) is 20.3 Å². The average Bonchev–Trinajstić information content (AvgIpc) is 2.17. The Morgan fingerprint density at radius 3 is 2.80 bits per heavy atom. The van der Waals surface area contributed by atoms with Crippen molar-refractivity contribution in [1.82, 2.24) is 15.0 Å². The molecule has 0 fully saturated rings. The Morgan fingerprint density at radius 2 is 2.20 bits per heavy atom. The molecule has 0 spiro atoms. The first kappa shape index (κ1) is 11.8. The Labute approximate surface area is 93.0 Å². The van der Waals surface area contributed by atoms with Crippen molar-refractivity contribution in [3.63, 3.8) is 0 Å². The number of nitrogen functional groups attached to an aromatic ring is 1. The molecule has 0 bridgehead atoms. The molecule has 6 nitrogen and oxygen atoms in total. The van der Waals surface area contributed by atoms with Crippen LogP contribution >= 0.6 is 11.8 Å². The number of methoxy groups -OCH3 is 1. The van der Waals surface area contributed by atoms with Gasteiger partial charge in [0, 0.05) is 11.8 Å². The second kappa shape index (κ2) is 5.59. The van der Waals surface area contributed by atoms with Crippen LogP contribution in [0, 0.1) is 0 Å². The minimum atomic E-state index is 0.153. The maximum absolute atomic E-state index is 5.50. The Bertz CT molecular complexity index is 322. The highest BCUT2D eigenvalue weighted by Crippen LogP contribution is 2.10. The number of anilines is 2. The van der Waals surface area contributed by atoms with Gasteiger partial charge in [-0.25, -0.2) is 0 Å². The molecule has 1 rings (SSSR count). The SMILES string of the molecule is COc1nc(N)nc(NC(C)CSC)n1. The van der Waals surface area contributed by atoms with Gasteiger partial charge in [-0.05, 0) is 13.2 Å². The second-order valence-corrected chi connectivity index (χ2v) is 3.92. The Hall–Kier alpha value is -1.24. The quantitative estimate of drug-likeness (QED) is 0.765. The third-order valence-corrected chi connectivity index (χ3v) is 2.44. The fraction of sp³-hybridized carbons (Fsp3) is 0.625. The third kappa shape index (κ3) is 3.78. The second-order valence-electron chi connectivity index (χ2n) is 3.00. The van der Waals surface area contributed by atoms with E-state index in [0.717, 1.165) is 5.75 Å². The molecule has 3 N–H and O–H groups in total. The molecule has 0 aromatic carbocycles. The van der Waals surface area contributed by atoms with Crippen LogP contribution in [0.3, 0.4) is 0 Å². The normalized spacial score (nSPS) is 12.2. The van der Waals surface area contributed by atoms with Gasteiger partial charge in [0.05, 0.1) is 7.11 Å². The van der Waals surface area contributed by atoms with Crippen molar-refractivity contribution in [3.05, 3.63) is 0 Å². The van der Waals surface area contributed by atoms with Gasteiger partial charge in [0.25, 0.3) is 0 Å². The number of thioether (sulfide) groups is 1. The van der Waals surface area contributed by atoms with Crippen LogP contribution in [0.4, 0.5) is 11.9 Å². The van der Waals surface area contributed by atoms with E-state index in [-0.39, 0.29) is 18.0 Å². The highest BCUT2D eigenvalue weighted by Gasteiger charge is 2.07. The van der Waals surface area contributed by atoms with Crippen LogP contribution < -0.4 is 15.8 Å². The van der Waals surface area contributed by atoms with Crippen molar-refractivity contribution >= 4 is 23.7 Å². The Morgan fingerprint density at radius 1 is 1.47 bits per heavy atom. The molecule has 84 valence electrons. The summed E-state index contributed by atoms with van der Waals surface area (Å²) in [5.41, 5.74) is 5.50. The summed E-state index contributed by atoms with van der Waals surface area (Å²) in [6, 6.07) is 0.493. The number of hydrogen-bond acceptors (Lipinski definition) is 7. The maximum atomic E-state index is 5.50. The molecule has 1 heterocycles. The van der Waals surface area contributed by atoms with E-state index >= 15 is 0 Å². The lowest BCUT2D eigenvalue weighted by Crippen LogP contribution is -2.20. The summed E-state index contributed by atoms with van der Waals surface area (Å²) in [6.45, 7) is 2.04. The summed E-state index contributed by atoms with van der Waals surface area (Å²) in [4.78, 5) is 11.8. The number of rotatable bonds is 5. The lowest BCUT2D eigenvalue weighted by molar-refractivity contribution is 0.379. The van der Waals surface area contributed by atoms with Gasteiger partial charge in [-0.1, -0.05) is 0 Å². The fourth-order valence-corrected chi connectivity index (χ4v) is 1.62. The van der Waals surface area contributed by atoms with E-state index in [1.165, 1.54) is 7.11 Å². The lowest BCUT2D eigenvalue weighted by atomic mass is 10.4. The summed E-state index contributed by atoms with van der Waals surface area (Å²) >= 11 is 1.75. The molecule has 1 atom stereocenters. The van der Waals surface area contributed by atoms with Crippen LogP contribution in [-0.2, 0) is 0 Å². The van der Waals surface area contributed by atoms with Gasteiger partial charge in [0.15, 0.2) is 0 Å². The monoisotopic (exact) mass is 229 g/mol.